The van der Waals surface area contributed by atoms with Crippen molar-refractivity contribution in [3.8, 4) is 5.75 Å². The van der Waals surface area contributed by atoms with Crippen LogP contribution in [0.5, 0.6) is 5.75 Å². The van der Waals surface area contributed by atoms with Crippen LogP contribution in [0.25, 0.3) is 6.08 Å². The average molecular weight is 437 g/mol. The minimum Gasteiger partial charge on any atom is -0.496 e. The molecule has 0 spiro atoms. The van der Waals surface area contributed by atoms with Gasteiger partial charge in [-0.3, -0.25) is 9.59 Å². The van der Waals surface area contributed by atoms with Crippen molar-refractivity contribution in [2.75, 3.05) is 12.0 Å². The number of nitrogens with zero attached hydrogens (tertiary/aromatic N) is 1. The van der Waals surface area contributed by atoms with Crippen LogP contribution in [0.3, 0.4) is 0 Å². The molecule has 1 fully saturated rings. The van der Waals surface area contributed by atoms with Gasteiger partial charge in [0.05, 0.1) is 21.3 Å². The molecular weight excluding hydrogens is 425 g/mol. The van der Waals surface area contributed by atoms with E-state index in [2.05, 4.69) is 22.6 Å². The molecule has 6 heteroatoms. The number of rotatable bonds is 3. The zero-order valence-corrected chi connectivity index (χ0v) is 15.1. The molecule has 2 aromatic rings. The second-order valence-corrected chi connectivity index (χ2v) is 6.90. The largest absolute Gasteiger partial charge is 0.496 e. The predicted octanol–water partition coefficient (Wildman–Crippen LogP) is 4.54. The van der Waals surface area contributed by atoms with Gasteiger partial charge in [-0.25, -0.2) is 4.90 Å². The van der Waals surface area contributed by atoms with Gasteiger partial charge in [0.15, 0.2) is 0 Å². The summed E-state index contributed by atoms with van der Waals surface area (Å²) < 4.78 is 6.17. The fourth-order valence-electron chi connectivity index (χ4n) is 2.19. The van der Waals surface area contributed by atoms with Crippen molar-refractivity contribution in [1.29, 1.82) is 0 Å². The third-order valence-electron chi connectivity index (χ3n) is 3.28. The van der Waals surface area contributed by atoms with Gasteiger partial charge in [-0.2, -0.15) is 0 Å². The summed E-state index contributed by atoms with van der Waals surface area (Å²) >= 11 is 3.12. The molecule has 2 amide bonds. The number of methoxy groups -OCH3 is 1. The first kappa shape index (κ1) is 16.1. The first-order valence-electron chi connectivity index (χ1n) is 6.76. The lowest BCUT2D eigenvalue weighted by molar-refractivity contribution is -0.113. The molecule has 0 radical (unpaired) electrons. The van der Waals surface area contributed by atoms with Crippen LogP contribution in [0.2, 0.25) is 0 Å². The number of carbonyl (C=O) groups is 2. The van der Waals surface area contributed by atoms with E-state index in [4.69, 9.17) is 4.74 Å². The lowest BCUT2D eigenvalue weighted by Gasteiger charge is -2.11. The molecule has 0 bridgehead atoms. The zero-order chi connectivity index (χ0) is 16.4. The summed E-state index contributed by atoms with van der Waals surface area (Å²) in [5.74, 6) is 0.483. The molecule has 1 heterocycles. The summed E-state index contributed by atoms with van der Waals surface area (Å²) in [6.45, 7) is 0. The summed E-state index contributed by atoms with van der Waals surface area (Å²) in [6.07, 6.45) is 1.73. The van der Waals surface area contributed by atoms with E-state index in [9.17, 15) is 9.59 Å². The molecule has 0 saturated carbocycles. The van der Waals surface area contributed by atoms with Crippen LogP contribution in [0.4, 0.5) is 10.5 Å². The maximum Gasteiger partial charge on any atom is 0.298 e. The fourth-order valence-corrected chi connectivity index (χ4v) is 3.79. The topological polar surface area (TPSA) is 46.6 Å². The molecule has 0 N–H and O–H groups in total. The van der Waals surface area contributed by atoms with Gasteiger partial charge in [-0.05, 0) is 70.3 Å². The number of carbonyl (C=O) groups excluding carboxylic acids is 2. The Balaban J connectivity index is 1.91. The van der Waals surface area contributed by atoms with E-state index in [1.165, 1.54) is 4.90 Å². The van der Waals surface area contributed by atoms with Crippen LogP contribution in [0.15, 0.2) is 53.4 Å². The van der Waals surface area contributed by atoms with Crippen molar-refractivity contribution in [3.63, 3.8) is 0 Å². The third-order valence-corrected chi connectivity index (χ3v) is 4.99. The highest BCUT2D eigenvalue weighted by Crippen LogP contribution is 2.36. The minimum atomic E-state index is -0.294. The molecule has 3 rings (SSSR count). The summed E-state index contributed by atoms with van der Waals surface area (Å²) in [5, 5.41) is -0.282. The van der Waals surface area contributed by atoms with Gasteiger partial charge in [0, 0.05) is 0 Å². The number of para-hydroxylation sites is 1. The van der Waals surface area contributed by atoms with E-state index in [-0.39, 0.29) is 11.1 Å². The van der Waals surface area contributed by atoms with Gasteiger partial charge in [-0.15, -0.1) is 0 Å². The highest BCUT2D eigenvalue weighted by molar-refractivity contribution is 14.1. The van der Waals surface area contributed by atoms with Gasteiger partial charge in [0.25, 0.3) is 11.1 Å². The van der Waals surface area contributed by atoms with Crippen LogP contribution in [0, 0.1) is 3.57 Å². The summed E-state index contributed by atoms with van der Waals surface area (Å²) in [5.41, 5.74) is 1.44. The monoisotopic (exact) mass is 437 g/mol. The van der Waals surface area contributed by atoms with Crippen LogP contribution in [-0.4, -0.2) is 18.3 Å². The van der Waals surface area contributed by atoms with Crippen molar-refractivity contribution >= 4 is 57.3 Å². The van der Waals surface area contributed by atoms with E-state index in [0.717, 1.165) is 26.6 Å². The second-order valence-electron chi connectivity index (χ2n) is 4.75. The zero-order valence-electron chi connectivity index (χ0n) is 12.2. The highest BCUT2D eigenvalue weighted by atomic mass is 127. The first-order valence-corrected chi connectivity index (χ1v) is 8.66. The van der Waals surface area contributed by atoms with E-state index < -0.39 is 0 Å². The van der Waals surface area contributed by atoms with Gasteiger partial charge in [-0.1, -0.05) is 24.3 Å². The lowest BCUT2D eigenvalue weighted by Crippen LogP contribution is -2.27. The maximum absolute atomic E-state index is 12.5. The molecule has 1 saturated heterocycles. The molecule has 1 aliphatic heterocycles. The van der Waals surface area contributed by atoms with Gasteiger partial charge in [0.1, 0.15) is 5.75 Å². The Morgan fingerprint density at radius 1 is 1.13 bits per heavy atom. The molecule has 1 aliphatic rings. The standard InChI is InChI=1S/C17H12INO3S/c1-22-14-8-7-11(9-13(14)18)10-15-16(20)19(17(21)23-15)12-5-3-2-4-6-12/h2-10H,1H3/b15-10-. The number of thioether (sulfide) groups is 1. The Kier molecular flexibility index (Phi) is 4.72. The van der Waals surface area contributed by atoms with Crippen molar-refractivity contribution in [1.82, 2.24) is 0 Å². The molecule has 116 valence electrons. The highest BCUT2D eigenvalue weighted by Gasteiger charge is 2.36. The minimum absolute atomic E-state index is 0.282. The van der Waals surface area contributed by atoms with Crippen LogP contribution < -0.4 is 9.64 Å². The van der Waals surface area contributed by atoms with Crippen molar-refractivity contribution in [2.45, 2.75) is 0 Å². The van der Waals surface area contributed by atoms with Crippen LogP contribution >= 0.6 is 34.4 Å². The fraction of sp³-hybridized carbons (Fsp3) is 0.0588. The normalized spacial score (nSPS) is 16.3. The molecule has 0 atom stereocenters. The molecule has 4 nitrogen and oxygen atoms in total. The predicted molar refractivity (Wildman–Crippen MR) is 101 cm³/mol. The van der Waals surface area contributed by atoms with E-state index in [1.807, 2.05) is 24.3 Å². The SMILES string of the molecule is COc1ccc(/C=C2\SC(=O)N(c3ccccc3)C2=O)cc1I. The van der Waals surface area contributed by atoms with Crippen LogP contribution in [-0.2, 0) is 4.79 Å². The number of hydrogen-bond acceptors (Lipinski definition) is 4. The Morgan fingerprint density at radius 2 is 1.87 bits per heavy atom. The molecule has 23 heavy (non-hydrogen) atoms. The van der Waals surface area contributed by atoms with Crippen LogP contribution in [0.1, 0.15) is 5.56 Å². The smallest absolute Gasteiger partial charge is 0.298 e. The lowest BCUT2D eigenvalue weighted by atomic mass is 10.2. The summed E-state index contributed by atoms with van der Waals surface area (Å²) in [7, 11) is 1.61. The average Bonchev–Trinajstić information content (AvgIpc) is 2.82. The van der Waals surface area contributed by atoms with Gasteiger partial charge < -0.3 is 4.74 Å². The molecule has 0 aliphatic carbocycles. The quantitative estimate of drug-likeness (QED) is 0.523. The number of halogens is 1. The number of ether oxygens (including phenoxy) is 1. The Bertz CT molecular complexity index is 805. The van der Waals surface area contributed by atoms with E-state index in [0.29, 0.717) is 10.6 Å². The number of benzene rings is 2. The first-order chi connectivity index (χ1) is 11.1. The Hall–Kier alpha value is -1.80. The molecule has 0 unspecified atom stereocenters. The molecular formula is C17H12INO3S. The van der Waals surface area contributed by atoms with Gasteiger partial charge >= 0.3 is 0 Å². The van der Waals surface area contributed by atoms with E-state index in [1.54, 1.807) is 37.5 Å². The van der Waals surface area contributed by atoms with Crippen molar-refractivity contribution < 1.29 is 14.3 Å². The Morgan fingerprint density at radius 3 is 2.52 bits per heavy atom. The summed E-state index contributed by atoms with van der Waals surface area (Å²) in [4.78, 5) is 26.3. The Labute approximate surface area is 151 Å². The van der Waals surface area contributed by atoms with Gasteiger partial charge in [0.2, 0.25) is 0 Å². The summed E-state index contributed by atoms with van der Waals surface area (Å²) in [6, 6.07) is 14.5. The third kappa shape index (κ3) is 3.28. The number of anilines is 1. The maximum atomic E-state index is 12.5. The number of hydrogen-bond donors (Lipinski definition) is 0. The molecule has 0 aromatic heterocycles. The second kappa shape index (κ2) is 6.76. The number of amides is 2. The van der Waals surface area contributed by atoms with Crippen molar-refractivity contribution in [2.24, 2.45) is 0 Å². The molecule has 2 aromatic carbocycles. The van der Waals surface area contributed by atoms with Crippen molar-refractivity contribution in [3.05, 3.63) is 62.6 Å². The number of imide groups is 1. The van der Waals surface area contributed by atoms with E-state index >= 15 is 0 Å².